The average molecular weight is 543 g/mol. The van der Waals surface area contributed by atoms with Crippen LogP contribution in [0.3, 0.4) is 0 Å². The van der Waals surface area contributed by atoms with Crippen LogP contribution >= 0.6 is 17.1 Å². The number of aliphatic hydroxyl groups excluding tert-OH is 4. The van der Waals surface area contributed by atoms with Crippen molar-refractivity contribution in [3.8, 4) is 0 Å². The van der Waals surface area contributed by atoms with E-state index in [1.807, 2.05) is 0 Å². The van der Waals surface area contributed by atoms with Gasteiger partial charge in [0.15, 0.2) is 0 Å². The molecule has 5 N–H and O–H groups in total. The van der Waals surface area contributed by atoms with E-state index in [2.05, 4.69) is 19.1 Å². The standard InChI is InChI=1S/C24H47O7PS2/c1-2-3-4-5-6-7-8-9-10-11-12-13-14-15-16-17-18-30-32(29,33)34-24-23(28)22(27)21(26)20(19-25)31-24/h9-10,20-28H,2-8,11-19H2,1H3,(H,29,33)/b10-9+/t20-,21-,22+,23+,24+,32?/m1/s1. The lowest BCUT2D eigenvalue weighted by Crippen LogP contribution is -2.57. The Labute approximate surface area is 215 Å². The molecule has 1 aliphatic heterocycles. The second kappa shape index (κ2) is 19.6. The smallest absolute Gasteiger partial charge is 0.247 e. The van der Waals surface area contributed by atoms with Crippen molar-refractivity contribution in [2.24, 2.45) is 0 Å². The van der Waals surface area contributed by atoms with Gasteiger partial charge in [-0.05, 0) is 55.3 Å². The summed E-state index contributed by atoms with van der Waals surface area (Å²) in [6.45, 7) is 2.05. The van der Waals surface area contributed by atoms with Gasteiger partial charge in [0.05, 0.1) is 13.2 Å². The van der Waals surface area contributed by atoms with Crippen LogP contribution in [0.15, 0.2) is 12.2 Å². The Kier molecular flexibility index (Phi) is 18.7. The SMILES string of the molecule is CCCCCCCC/C=C/CCCCCCCCOP(O)(=S)S[C@@H]1O[C@H](CO)[C@@H](O)[C@H](O)[C@@H]1O. The number of aliphatic hydroxyl groups is 4. The summed E-state index contributed by atoms with van der Waals surface area (Å²) < 4.78 is 10.8. The summed E-state index contributed by atoms with van der Waals surface area (Å²) in [5.41, 5.74) is -4.37. The van der Waals surface area contributed by atoms with E-state index in [4.69, 9.17) is 21.1 Å². The van der Waals surface area contributed by atoms with Crippen LogP contribution in [-0.4, -0.2) is 68.4 Å². The maximum absolute atomic E-state index is 10.4. The first-order valence-corrected chi connectivity index (χ1v) is 17.1. The Morgan fingerprint density at radius 1 is 0.824 bits per heavy atom. The maximum atomic E-state index is 10.4. The van der Waals surface area contributed by atoms with Gasteiger partial charge in [-0.15, -0.1) is 0 Å². The van der Waals surface area contributed by atoms with Crippen molar-refractivity contribution in [2.45, 2.75) is 127 Å². The summed E-state index contributed by atoms with van der Waals surface area (Å²) in [7, 11) is 0. The number of hydrogen-bond acceptors (Lipinski definition) is 8. The lowest BCUT2D eigenvalue weighted by Gasteiger charge is -2.40. The summed E-state index contributed by atoms with van der Waals surface area (Å²) in [6, 6.07) is 0. The molecule has 0 amide bonds. The summed E-state index contributed by atoms with van der Waals surface area (Å²) in [6.07, 6.45) is 16.2. The number of hydrogen-bond donors (Lipinski definition) is 5. The molecule has 10 heteroatoms. The van der Waals surface area contributed by atoms with E-state index in [1.165, 1.54) is 64.2 Å². The van der Waals surface area contributed by atoms with E-state index in [-0.39, 0.29) is 0 Å². The minimum atomic E-state index is -3.29. The van der Waals surface area contributed by atoms with Crippen molar-refractivity contribution >= 4 is 28.9 Å². The van der Waals surface area contributed by atoms with E-state index in [0.717, 1.165) is 37.1 Å². The highest BCUT2D eigenvalue weighted by molar-refractivity contribution is 8.67. The summed E-state index contributed by atoms with van der Waals surface area (Å²) >= 11 is 5.88. The molecule has 1 unspecified atom stereocenters. The van der Waals surface area contributed by atoms with Gasteiger partial charge < -0.3 is 34.6 Å². The van der Waals surface area contributed by atoms with Crippen LogP contribution in [0.5, 0.6) is 0 Å². The highest BCUT2D eigenvalue weighted by atomic mass is 32.9. The fourth-order valence-electron chi connectivity index (χ4n) is 3.85. The van der Waals surface area contributed by atoms with E-state index < -0.39 is 42.2 Å². The van der Waals surface area contributed by atoms with E-state index in [1.54, 1.807) is 0 Å². The largest absolute Gasteiger partial charge is 0.394 e. The lowest BCUT2D eigenvalue weighted by molar-refractivity contribution is -0.205. The minimum Gasteiger partial charge on any atom is -0.394 e. The molecular formula is C24H47O7PS2. The van der Waals surface area contributed by atoms with Gasteiger partial charge in [-0.3, -0.25) is 0 Å². The first-order chi connectivity index (χ1) is 16.3. The maximum Gasteiger partial charge on any atom is 0.247 e. The molecule has 1 aliphatic rings. The molecule has 0 saturated carbocycles. The zero-order valence-electron chi connectivity index (χ0n) is 20.7. The topological polar surface area (TPSA) is 120 Å². The normalized spacial score (nSPS) is 27.3. The number of allylic oxidation sites excluding steroid dienone is 2. The predicted octanol–water partition coefficient (Wildman–Crippen LogP) is 4.79. The molecule has 34 heavy (non-hydrogen) atoms. The third-order valence-corrected chi connectivity index (χ3v) is 10.2. The first-order valence-electron chi connectivity index (χ1n) is 12.9. The van der Waals surface area contributed by atoms with Gasteiger partial charge >= 0.3 is 0 Å². The van der Waals surface area contributed by atoms with Crippen molar-refractivity contribution < 1.29 is 34.6 Å². The van der Waals surface area contributed by atoms with Gasteiger partial charge in [0.1, 0.15) is 29.9 Å². The molecule has 1 saturated heterocycles. The Hall–Kier alpha value is 0.460. The number of ether oxygens (including phenoxy) is 1. The van der Waals surface area contributed by atoms with Crippen LogP contribution < -0.4 is 0 Å². The Morgan fingerprint density at radius 3 is 1.91 bits per heavy atom. The molecule has 1 rings (SSSR count). The molecule has 0 aromatic rings. The van der Waals surface area contributed by atoms with E-state index in [0.29, 0.717) is 6.61 Å². The third kappa shape index (κ3) is 14.3. The van der Waals surface area contributed by atoms with E-state index >= 15 is 0 Å². The quantitative estimate of drug-likeness (QED) is 0.0840. The molecule has 202 valence electrons. The van der Waals surface area contributed by atoms with Gasteiger partial charge in [0.2, 0.25) is 5.69 Å². The first kappa shape index (κ1) is 32.5. The van der Waals surface area contributed by atoms with Crippen LogP contribution in [0.2, 0.25) is 0 Å². The molecule has 1 heterocycles. The molecule has 0 radical (unpaired) electrons. The summed E-state index contributed by atoms with van der Waals surface area (Å²) in [5, 5.41) is 39.0. The van der Waals surface area contributed by atoms with Crippen LogP contribution in [-0.2, 0) is 21.1 Å². The zero-order valence-corrected chi connectivity index (χ0v) is 23.2. The minimum absolute atomic E-state index is 0.319. The monoisotopic (exact) mass is 542 g/mol. The van der Waals surface area contributed by atoms with Crippen molar-refractivity contribution in [2.75, 3.05) is 13.2 Å². The molecule has 0 aromatic heterocycles. The zero-order chi connectivity index (χ0) is 25.2. The van der Waals surface area contributed by atoms with Crippen LogP contribution in [0.25, 0.3) is 0 Å². The number of unbranched alkanes of at least 4 members (excludes halogenated alkanes) is 12. The van der Waals surface area contributed by atoms with E-state index in [9.17, 15) is 25.3 Å². The fourth-order valence-corrected chi connectivity index (χ4v) is 7.71. The van der Waals surface area contributed by atoms with Gasteiger partial charge in [0, 0.05) is 0 Å². The van der Waals surface area contributed by atoms with Gasteiger partial charge in [-0.2, -0.15) is 0 Å². The van der Waals surface area contributed by atoms with Crippen molar-refractivity contribution in [3.05, 3.63) is 12.2 Å². The Bertz CT molecular complexity index is 580. The van der Waals surface area contributed by atoms with Crippen LogP contribution in [0, 0.1) is 0 Å². The molecule has 0 bridgehead atoms. The molecule has 0 spiro atoms. The molecule has 0 aliphatic carbocycles. The Morgan fingerprint density at radius 2 is 1.35 bits per heavy atom. The highest BCUT2D eigenvalue weighted by Gasteiger charge is 2.45. The molecule has 6 atom stereocenters. The lowest BCUT2D eigenvalue weighted by atomic mass is 10.0. The molecular weight excluding hydrogens is 495 g/mol. The van der Waals surface area contributed by atoms with Gasteiger partial charge in [-0.25, -0.2) is 0 Å². The molecule has 1 fully saturated rings. The second-order valence-corrected chi connectivity index (χ2v) is 15.2. The van der Waals surface area contributed by atoms with Crippen LogP contribution in [0.1, 0.15) is 96.8 Å². The van der Waals surface area contributed by atoms with Crippen molar-refractivity contribution in [3.63, 3.8) is 0 Å². The van der Waals surface area contributed by atoms with Crippen molar-refractivity contribution in [1.82, 2.24) is 0 Å². The van der Waals surface area contributed by atoms with Crippen LogP contribution in [0.4, 0.5) is 0 Å². The molecule has 7 nitrogen and oxygen atoms in total. The van der Waals surface area contributed by atoms with Gasteiger partial charge in [-0.1, -0.05) is 76.9 Å². The predicted molar refractivity (Wildman–Crippen MR) is 143 cm³/mol. The third-order valence-electron chi connectivity index (χ3n) is 6.00. The number of rotatable bonds is 20. The van der Waals surface area contributed by atoms with Crippen molar-refractivity contribution in [1.29, 1.82) is 0 Å². The fraction of sp³-hybridized carbons (Fsp3) is 0.917. The summed E-state index contributed by atoms with van der Waals surface area (Å²) in [5.74, 6) is 0. The highest BCUT2D eigenvalue weighted by Crippen LogP contribution is 2.59. The summed E-state index contributed by atoms with van der Waals surface area (Å²) in [4.78, 5) is 10.4. The average Bonchev–Trinajstić information content (AvgIpc) is 2.81. The Balaban J connectivity index is 2.02. The second-order valence-electron chi connectivity index (χ2n) is 9.04. The molecule has 0 aromatic carbocycles. The van der Waals surface area contributed by atoms with Gasteiger partial charge in [0.25, 0.3) is 0 Å².